The molecule has 0 heterocycles. The molecule has 1 unspecified atom stereocenters. The van der Waals surface area contributed by atoms with Crippen molar-refractivity contribution in [3.05, 3.63) is 12.2 Å². The molecule has 0 saturated carbocycles. The molecular weight excluding hydrogens is 168 g/mol. The van der Waals surface area contributed by atoms with Crippen molar-refractivity contribution in [1.82, 2.24) is 0 Å². The minimum atomic E-state index is 0.863. The fourth-order valence-electron chi connectivity index (χ4n) is 1.75. The van der Waals surface area contributed by atoms with Gasteiger partial charge in [-0.3, -0.25) is 0 Å². The van der Waals surface area contributed by atoms with Gasteiger partial charge in [-0.2, -0.15) is 0 Å². The lowest BCUT2D eigenvalue weighted by Crippen LogP contribution is -1.96. The smallest absolute Gasteiger partial charge is 0.0320 e. The molecule has 0 rings (SSSR count). The zero-order valence-electron chi connectivity index (χ0n) is 10.5. The van der Waals surface area contributed by atoms with E-state index in [0.717, 1.165) is 23.8 Å². The summed E-state index contributed by atoms with van der Waals surface area (Å²) < 4.78 is 0. The van der Waals surface area contributed by atoms with Crippen molar-refractivity contribution < 1.29 is 0 Å². The summed E-state index contributed by atoms with van der Waals surface area (Å²) in [5.74, 6) is 1.75. The molecule has 0 bridgehead atoms. The van der Waals surface area contributed by atoms with Crippen LogP contribution in [0.1, 0.15) is 66.2 Å². The Morgan fingerprint density at radius 2 is 1.57 bits per heavy atom. The van der Waals surface area contributed by atoms with Gasteiger partial charge in [0.15, 0.2) is 0 Å². The van der Waals surface area contributed by atoms with Crippen LogP contribution < -0.4 is 0 Å². The Kier molecular flexibility index (Phi) is 7.93. The molecule has 0 saturated heterocycles. The van der Waals surface area contributed by atoms with Gasteiger partial charge in [0.2, 0.25) is 0 Å². The third kappa shape index (κ3) is 9.83. The molecule has 0 spiro atoms. The number of hydrogen-bond donors (Lipinski definition) is 0. The Balaban J connectivity index is 3.27. The van der Waals surface area contributed by atoms with E-state index in [9.17, 15) is 0 Å². The summed E-state index contributed by atoms with van der Waals surface area (Å²) in [7, 11) is 0. The van der Waals surface area contributed by atoms with Gasteiger partial charge in [-0.15, -0.1) is 0 Å². The summed E-state index contributed by atoms with van der Waals surface area (Å²) in [6, 6.07) is 0. The van der Waals surface area contributed by atoms with Gasteiger partial charge in [0.1, 0.15) is 0 Å². The van der Waals surface area contributed by atoms with Crippen LogP contribution in [0.3, 0.4) is 0 Å². The Morgan fingerprint density at radius 1 is 1.00 bits per heavy atom. The van der Waals surface area contributed by atoms with Crippen LogP contribution in [-0.2, 0) is 0 Å². The van der Waals surface area contributed by atoms with Gasteiger partial charge in [0.25, 0.3) is 0 Å². The lowest BCUT2D eigenvalue weighted by Gasteiger charge is -2.11. The summed E-state index contributed by atoms with van der Waals surface area (Å²) in [5.41, 5.74) is 1.08. The van der Waals surface area contributed by atoms with Crippen molar-refractivity contribution in [2.75, 3.05) is 0 Å². The molecule has 0 aromatic carbocycles. The maximum absolute atomic E-state index is 5.64. The predicted molar refractivity (Wildman–Crippen MR) is 65.2 cm³/mol. The predicted octanol–water partition coefficient (Wildman–Crippen LogP) is 5.00. The molecule has 0 fully saturated rings. The monoisotopic (exact) mass is 195 g/mol. The first-order valence-corrected chi connectivity index (χ1v) is 6.10. The Labute approximate surface area is 90.8 Å². The van der Waals surface area contributed by atoms with Crippen LogP contribution in [0.4, 0.5) is 0 Å². The molecule has 1 atom stereocenters. The minimum Gasteiger partial charge on any atom is -0.0733 e. The minimum absolute atomic E-state index is 0.863. The first kappa shape index (κ1) is 13.7. The van der Waals surface area contributed by atoms with E-state index in [1.165, 1.54) is 32.1 Å². The quantitative estimate of drug-likeness (QED) is 0.511. The van der Waals surface area contributed by atoms with Gasteiger partial charge in [-0.1, -0.05) is 58.6 Å². The second kappa shape index (κ2) is 8.08. The van der Waals surface area contributed by atoms with Crippen LogP contribution in [0.2, 0.25) is 0 Å². The first-order chi connectivity index (χ1) is 6.52. The topological polar surface area (TPSA) is 0 Å². The largest absolute Gasteiger partial charge is 0.0733 e. The molecule has 0 aliphatic heterocycles. The van der Waals surface area contributed by atoms with E-state index < -0.39 is 0 Å². The number of rotatable bonds is 8. The summed E-state index contributed by atoms with van der Waals surface area (Å²) in [5, 5.41) is 0. The Morgan fingerprint density at radius 3 is 2.07 bits per heavy atom. The summed E-state index contributed by atoms with van der Waals surface area (Å²) in [6.45, 7) is 14.6. The van der Waals surface area contributed by atoms with Crippen LogP contribution >= 0.6 is 0 Å². The van der Waals surface area contributed by atoms with E-state index in [1.54, 1.807) is 0 Å². The normalized spacial score (nSPS) is 13.2. The van der Waals surface area contributed by atoms with Crippen molar-refractivity contribution in [1.29, 1.82) is 0 Å². The van der Waals surface area contributed by atoms with Gasteiger partial charge in [-0.05, 0) is 31.6 Å². The Bertz CT molecular complexity index is 144. The highest BCUT2D eigenvalue weighted by molar-refractivity contribution is 4.83. The fourth-order valence-corrected chi connectivity index (χ4v) is 1.75. The van der Waals surface area contributed by atoms with Gasteiger partial charge >= 0.3 is 0 Å². The molecule has 0 heteroatoms. The highest BCUT2D eigenvalue weighted by Crippen LogP contribution is 2.18. The zero-order chi connectivity index (χ0) is 11.0. The number of allylic oxidation sites excluding steroid dienone is 1. The summed E-state index contributed by atoms with van der Waals surface area (Å²) in [4.78, 5) is 0. The second-order valence-corrected chi connectivity index (χ2v) is 5.17. The molecular formula is C14H27. The maximum Gasteiger partial charge on any atom is -0.0320 e. The van der Waals surface area contributed by atoms with E-state index in [0.29, 0.717) is 0 Å². The third-order valence-corrected chi connectivity index (χ3v) is 2.75. The summed E-state index contributed by atoms with van der Waals surface area (Å²) in [6.07, 6.45) is 7.88. The lowest BCUT2D eigenvalue weighted by atomic mass is 9.95. The van der Waals surface area contributed by atoms with Crippen LogP contribution in [0.25, 0.3) is 0 Å². The molecule has 0 aromatic heterocycles. The van der Waals surface area contributed by atoms with Crippen molar-refractivity contribution in [3.63, 3.8) is 0 Å². The molecule has 0 aromatic rings. The molecule has 0 N–H and O–H groups in total. The fraction of sp³-hybridized carbons (Fsp3) is 0.857. The first-order valence-electron chi connectivity index (χ1n) is 6.10. The van der Waals surface area contributed by atoms with Gasteiger partial charge in [0.05, 0.1) is 0 Å². The molecule has 83 valence electrons. The van der Waals surface area contributed by atoms with Crippen molar-refractivity contribution >= 4 is 0 Å². The average molecular weight is 195 g/mol. The van der Waals surface area contributed by atoms with Crippen LogP contribution in [0, 0.1) is 18.4 Å². The van der Waals surface area contributed by atoms with E-state index in [-0.39, 0.29) is 0 Å². The standard InChI is InChI=1S/C14H27/c1-12(2)8-6-10-14(5)11-7-9-13(3)4/h1,13-14H,6-11H2,2-5H3. The molecule has 0 aliphatic carbocycles. The molecule has 0 nitrogen and oxygen atoms in total. The highest BCUT2D eigenvalue weighted by atomic mass is 14.1. The number of hydrogen-bond acceptors (Lipinski definition) is 0. The van der Waals surface area contributed by atoms with E-state index in [2.05, 4.69) is 20.8 Å². The maximum atomic E-state index is 5.64. The lowest BCUT2D eigenvalue weighted by molar-refractivity contribution is 0.427. The van der Waals surface area contributed by atoms with Crippen molar-refractivity contribution in [2.45, 2.75) is 66.2 Å². The van der Waals surface area contributed by atoms with Crippen molar-refractivity contribution in [2.24, 2.45) is 11.8 Å². The average Bonchev–Trinajstić information content (AvgIpc) is 2.02. The van der Waals surface area contributed by atoms with Crippen LogP contribution in [0.5, 0.6) is 0 Å². The molecule has 0 amide bonds. The van der Waals surface area contributed by atoms with Crippen LogP contribution in [0.15, 0.2) is 5.57 Å². The second-order valence-electron chi connectivity index (χ2n) is 5.17. The van der Waals surface area contributed by atoms with Crippen LogP contribution in [-0.4, -0.2) is 0 Å². The van der Waals surface area contributed by atoms with Crippen molar-refractivity contribution in [3.8, 4) is 0 Å². The van der Waals surface area contributed by atoms with Gasteiger partial charge in [0, 0.05) is 0 Å². The van der Waals surface area contributed by atoms with Gasteiger partial charge < -0.3 is 0 Å². The summed E-state index contributed by atoms with van der Waals surface area (Å²) >= 11 is 0. The third-order valence-electron chi connectivity index (χ3n) is 2.75. The van der Waals surface area contributed by atoms with E-state index in [4.69, 9.17) is 6.58 Å². The highest BCUT2D eigenvalue weighted by Gasteiger charge is 2.02. The van der Waals surface area contributed by atoms with E-state index >= 15 is 0 Å². The SMILES string of the molecule is [CH]=C(C)CCCC(C)CCCC(C)C. The van der Waals surface area contributed by atoms with E-state index in [1.807, 2.05) is 6.92 Å². The molecule has 0 aliphatic rings. The zero-order valence-corrected chi connectivity index (χ0v) is 10.5. The molecule has 14 heavy (non-hydrogen) atoms. The Hall–Kier alpha value is -0.260. The molecule has 1 radical (unpaired) electrons. The van der Waals surface area contributed by atoms with Gasteiger partial charge in [-0.25, -0.2) is 0 Å².